The highest BCUT2D eigenvalue weighted by atomic mass is 19.1. The second-order valence-corrected chi connectivity index (χ2v) is 7.94. The smallest absolute Gasteiger partial charge is 0.267 e. The number of aromatic amines is 1. The summed E-state index contributed by atoms with van der Waals surface area (Å²) in [5, 5.41) is 14.1. The first-order valence-electron chi connectivity index (χ1n) is 10.6. The molecule has 170 valence electrons. The van der Waals surface area contributed by atoms with Crippen LogP contribution in [0.1, 0.15) is 0 Å². The van der Waals surface area contributed by atoms with E-state index < -0.39 is 11.4 Å². The van der Waals surface area contributed by atoms with E-state index >= 15 is 0 Å². The Labute approximate surface area is 191 Å². The van der Waals surface area contributed by atoms with Gasteiger partial charge in [0.05, 0.1) is 47.0 Å². The fourth-order valence-electron chi connectivity index (χ4n) is 4.08. The lowest BCUT2D eigenvalue weighted by Gasteiger charge is -2.27. The number of pyridine rings is 1. The number of ether oxygens (including phenoxy) is 1. The zero-order valence-corrected chi connectivity index (χ0v) is 17.7. The van der Waals surface area contributed by atoms with Crippen molar-refractivity contribution in [2.45, 2.75) is 6.10 Å². The summed E-state index contributed by atoms with van der Waals surface area (Å²) >= 11 is 0. The van der Waals surface area contributed by atoms with E-state index in [1.807, 2.05) is 12.1 Å². The predicted octanol–water partition coefficient (Wildman–Crippen LogP) is 2.66. The number of para-hydroxylation sites is 1. The molecule has 0 radical (unpaired) electrons. The number of benzene rings is 2. The summed E-state index contributed by atoms with van der Waals surface area (Å²) in [4.78, 5) is 22.2. The molecular formula is C23H19FN8O2. The number of aromatic nitrogens is 5. The van der Waals surface area contributed by atoms with Gasteiger partial charge in [-0.15, -0.1) is 0 Å². The van der Waals surface area contributed by atoms with Crippen LogP contribution in [0.3, 0.4) is 0 Å². The number of rotatable bonds is 4. The van der Waals surface area contributed by atoms with Gasteiger partial charge in [0, 0.05) is 11.9 Å². The Morgan fingerprint density at radius 2 is 2.09 bits per heavy atom. The number of nitrogen functional groups attached to an aromatic ring is 1. The van der Waals surface area contributed by atoms with Gasteiger partial charge in [0.25, 0.3) is 5.56 Å². The molecule has 3 aromatic heterocycles. The van der Waals surface area contributed by atoms with E-state index in [0.29, 0.717) is 40.8 Å². The standard InChI is InChI=1S/C23H19FN8O2/c24-16-3-1-2-4-18(16)32-21-14(20-15(22(32)33)11-29-31-20)10-28-23(30-21)27-9-13-8-26-17-7-12(25)5-6-19(17)34-13/h1-7,10-11,13,26H,8-9,25H2,(H,29,31)(H,27,28,30). The van der Waals surface area contributed by atoms with Crippen molar-refractivity contribution in [3.63, 3.8) is 0 Å². The van der Waals surface area contributed by atoms with Crippen molar-refractivity contribution in [2.75, 3.05) is 29.5 Å². The van der Waals surface area contributed by atoms with Crippen LogP contribution in [0.2, 0.25) is 0 Å². The maximum absolute atomic E-state index is 14.7. The van der Waals surface area contributed by atoms with Gasteiger partial charge in [-0.25, -0.2) is 9.37 Å². The third-order valence-electron chi connectivity index (χ3n) is 5.72. The Morgan fingerprint density at radius 1 is 1.21 bits per heavy atom. The second-order valence-electron chi connectivity index (χ2n) is 7.94. The van der Waals surface area contributed by atoms with Crippen molar-refractivity contribution in [3.8, 4) is 11.4 Å². The van der Waals surface area contributed by atoms with Crippen LogP contribution in [0, 0.1) is 5.82 Å². The predicted molar refractivity (Wildman–Crippen MR) is 127 cm³/mol. The van der Waals surface area contributed by atoms with E-state index in [1.165, 1.54) is 22.9 Å². The molecule has 0 aliphatic carbocycles. The summed E-state index contributed by atoms with van der Waals surface area (Å²) in [6.45, 7) is 0.963. The summed E-state index contributed by atoms with van der Waals surface area (Å²) in [5.74, 6) is 0.451. The van der Waals surface area contributed by atoms with Gasteiger partial charge in [0.15, 0.2) is 5.65 Å². The molecule has 1 aliphatic rings. The third kappa shape index (κ3) is 3.25. The van der Waals surface area contributed by atoms with Gasteiger partial charge in [0.2, 0.25) is 5.95 Å². The van der Waals surface area contributed by atoms with Crippen LogP contribution >= 0.6 is 0 Å². The fourth-order valence-corrected chi connectivity index (χ4v) is 4.08. The summed E-state index contributed by atoms with van der Waals surface area (Å²) in [7, 11) is 0. The molecule has 2 aromatic carbocycles. The average molecular weight is 458 g/mol. The molecule has 0 saturated carbocycles. The molecule has 0 fully saturated rings. The highest BCUT2D eigenvalue weighted by molar-refractivity contribution is 6.02. The van der Waals surface area contributed by atoms with Gasteiger partial charge in [-0.2, -0.15) is 10.1 Å². The normalized spacial score (nSPS) is 15.0. The number of H-pyrrole nitrogens is 1. The number of halogens is 1. The number of hydrogen-bond donors (Lipinski definition) is 4. The van der Waals surface area contributed by atoms with Gasteiger partial charge < -0.3 is 21.1 Å². The lowest BCUT2D eigenvalue weighted by atomic mass is 10.2. The Kier molecular flexibility index (Phi) is 4.54. The van der Waals surface area contributed by atoms with E-state index in [4.69, 9.17) is 10.5 Å². The molecule has 1 aliphatic heterocycles. The number of nitrogens with zero attached hydrogens (tertiary/aromatic N) is 4. The molecule has 0 saturated heterocycles. The molecular weight excluding hydrogens is 439 g/mol. The van der Waals surface area contributed by atoms with Crippen LogP contribution in [0.25, 0.3) is 27.6 Å². The fraction of sp³-hybridized carbons (Fsp3) is 0.130. The second kappa shape index (κ2) is 7.73. The maximum atomic E-state index is 14.7. The minimum Gasteiger partial charge on any atom is -0.485 e. The van der Waals surface area contributed by atoms with Crippen LogP contribution < -0.4 is 26.7 Å². The monoisotopic (exact) mass is 458 g/mol. The van der Waals surface area contributed by atoms with Crippen molar-refractivity contribution in [2.24, 2.45) is 0 Å². The molecule has 4 heterocycles. The largest absolute Gasteiger partial charge is 0.485 e. The number of nitrogens with one attached hydrogen (secondary N) is 3. The molecule has 11 heteroatoms. The van der Waals surface area contributed by atoms with E-state index in [1.54, 1.807) is 24.4 Å². The molecule has 5 aromatic rings. The SMILES string of the molecule is Nc1ccc2c(c1)NCC(CNc1ncc3c4[nH]ncc4c(=O)n(-c4ccccc4F)c3n1)O2. The zero-order valence-electron chi connectivity index (χ0n) is 17.7. The molecule has 0 amide bonds. The first-order valence-corrected chi connectivity index (χ1v) is 10.6. The summed E-state index contributed by atoms with van der Waals surface area (Å²) in [6, 6.07) is 11.5. The average Bonchev–Trinajstić information content (AvgIpc) is 3.34. The van der Waals surface area contributed by atoms with Gasteiger partial charge >= 0.3 is 0 Å². The third-order valence-corrected chi connectivity index (χ3v) is 5.72. The Bertz CT molecular complexity index is 1610. The summed E-state index contributed by atoms with van der Waals surface area (Å²) in [5.41, 5.74) is 7.74. The highest BCUT2D eigenvalue weighted by Gasteiger charge is 2.21. The number of fused-ring (bicyclic) bond motifs is 4. The molecule has 0 bridgehead atoms. The minimum atomic E-state index is -0.539. The Balaban J connectivity index is 1.37. The van der Waals surface area contributed by atoms with E-state index in [9.17, 15) is 9.18 Å². The quantitative estimate of drug-likeness (QED) is 0.302. The zero-order chi connectivity index (χ0) is 23.2. The molecule has 0 spiro atoms. The minimum absolute atomic E-state index is 0.0981. The topological polar surface area (TPSA) is 136 Å². The van der Waals surface area contributed by atoms with Gasteiger partial charge in [0.1, 0.15) is 17.7 Å². The lowest BCUT2D eigenvalue weighted by Crippen LogP contribution is -2.36. The molecule has 6 rings (SSSR count). The first-order chi connectivity index (χ1) is 16.6. The molecule has 34 heavy (non-hydrogen) atoms. The summed E-state index contributed by atoms with van der Waals surface area (Å²) in [6.07, 6.45) is 2.80. The summed E-state index contributed by atoms with van der Waals surface area (Å²) < 4.78 is 21.9. The van der Waals surface area contributed by atoms with Crippen molar-refractivity contribution >= 4 is 39.3 Å². The van der Waals surface area contributed by atoms with Gasteiger partial charge in [-0.05, 0) is 30.3 Å². The Hall–Kier alpha value is -4.67. The number of nitrogens with two attached hydrogens (primary N) is 1. The Morgan fingerprint density at radius 3 is 2.97 bits per heavy atom. The van der Waals surface area contributed by atoms with Crippen molar-refractivity contribution < 1.29 is 9.13 Å². The number of hydrogen-bond acceptors (Lipinski definition) is 8. The van der Waals surface area contributed by atoms with Crippen molar-refractivity contribution in [1.82, 2.24) is 24.7 Å². The van der Waals surface area contributed by atoms with Crippen LogP contribution in [0.15, 0.2) is 59.7 Å². The van der Waals surface area contributed by atoms with E-state index in [-0.39, 0.29) is 23.4 Å². The molecule has 10 nitrogen and oxygen atoms in total. The van der Waals surface area contributed by atoms with Crippen LogP contribution in [-0.2, 0) is 0 Å². The number of anilines is 3. The van der Waals surface area contributed by atoms with Gasteiger partial charge in [-0.1, -0.05) is 12.1 Å². The molecule has 1 atom stereocenters. The van der Waals surface area contributed by atoms with Crippen molar-refractivity contribution in [1.29, 1.82) is 0 Å². The highest BCUT2D eigenvalue weighted by Crippen LogP contribution is 2.31. The van der Waals surface area contributed by atoms with Gasteiger partial charge in [-0.3, -0.25) is 14.5 Å². The van der Waals surface area contributed by atoms with E-state index in [0.717, 1.165) is 5.69 Å². The van der Waals surface area contributed by atoms with Crippen LogP contribution in [-0.4, -0.2) is 43.9 Å². The maximum Gasteiger partial charge on any atom is 0.267 e. The molecule has 5 N–H and O–H groups in total. The molecule has 1 unspecified atom stereocenters. The van der Waals surface area contributed by atoms with Crippen molar-refractivity contribution in [3.05, 3.63) is 71.0 Å². The van der Waals surface area contributed by atoms with Crippen LogP contribution in [0.4, 0.5) is 21.7 Å². The van der Waals surface area contributed by atoms with E-state index in [2.05, 4.69) is 30.8 Å². The van der Waals surface area contributed by atoms with Crippen LogP contribution in [0.5, 0.6) is 5.75 Å². The first kappa shape index (κ1) is 20.0. The lowest BCUT2D eigenvalue weighted by molar-refractivity contribution is 0.218.